The maximum Gasteiger partial charge on any atom is 0.343 e. The molecule has 3 rings (SSSR count). The van der Waals surface area contributed by atoms with Gasteiger partial charge in [-0.1, -0.05) is 24.3 Å². The lowest BCUT2D eigenvalue weighted by molar-refractivity contribution is 0.0733. The molecule has 7 heteroatoms. The van der Waals surface area contributed by atoms with Crippen LogP contribution in [0.5, 0.6) is 28.7 Å². The number of nitrogens with zero attached hydrogens (tertiary/aromatic N) is 1. The number of benzene rings is 3. The Bertz CT molecular complexity index is 1230. The molecule has 186 valence electrons. The van der Waals surface area contributed by atoms with E-state index in [1.165, 1.54) is 0 Å². The van der Waals surface area contributed by atoms with Crippen LogP contribution >= 0.6 is 0 Å². The van der Waals surface area contributed by atoms with E-state index in [-0.39, 0.29) is 5.56 Å². The number of carbonyl (C=O) groups is 1. The average molecular weight is 488 g/mol. The fourth-order valence-electron chi connectivity index (χ4n) is 3.51. The molecule has 0 fully saturated rings. The highest BCUT2D eigenvalue weighted by molar-refractivity contribution is 5.93. The molecular weight excluding hydrogens is 458 g/mol. The third-order valence-corrected chi connectivity index (χ3v) is 5.06. The number of esters is 1. The van der Waals surface area contributed by atoms with E-state index in [9.17, 15) is 10.1 Å². The number of hydrogen-bond acceptors (Lipinski definition) is 7. The predicted molar refractivity (Wildman–Crippen MR) is 138 cm³/mol. The topological polar surface area (TPSA) is 87.0 Å². The normalized spacial score (nSPS) is 10.8. The van der Waals surface area contributed by atoms with E-state index >= 15 is 0 Å². The number of para-hydroxylation sites is 1. The molecule has 0 aliphatic heterocycles. The monoisotopic (exact) mass is 487 g/mol. The molecule has 36 heavy (non-hydrogen) atoms. The first-order chi connectivity index (χ1) is 17.5. The first-order valence-corrected chi connectivity index (χ1v) is 11.7. The molecule has 0 unspecified atom stereocenters. The fourth-order valence-corrected chi connectivity index (χ4v) is 3.51. The SMILES string of the molecule is CCOc1cc(C(=O)Oc2ccc(/C=C(/C#N)c3ccccc3OC)cc2)cc(OCC)c1OCC. The van der Waals surface area contributed by atoms with Gasteiger partial charge in [0.1, 0.15) is 11.5 Å². The molecule has 0 aliphatic rings. The van der Waals surface area contributed by atoms with Gasteiger partial charge in [0, 0.05) is 5.56 Å². The number of hydrogen-bond donors (Lipinski definition) is 0. The number of nitriles is 1. The molecule has 3 aromatic rings. The van der Waals surface area contributed by atoms with Crippen LogP contribution in [0.25, 0.3) is 11.6 Å². The number of allylic oxidation sites excluding steroid dienone is 1. The molecule has 0 amide bonds. The summed E-state index contributed by atoms with van der Waals surface area (Å²) >= 11 is 0. The van der Waals surface area contributed by atoms with Crippen LogP contribution in [0.15, 0.2) is 60.7 Å². The Morgan fingerprint density at radius 3 is 2.03 bits per heavy atom. The summed E-state index contributed by atoms with van der Waals surface area (Å²) in [6, 6.07) is 19.6. The van der Waals surface area contributed by atoms with Gasteiger partial charge in [0.25, 0.3) is 0 Å². The summed E-state index contributed by atoms with van der Waals surface area (Å²) in [5.41, 5.74) is 2.20. The molecule has 0 spiro atoms. The Balaban J connectivity index is 1.83. The van der Waals surface area contributed by atoms with Crippen molar-refractivity contribution in [2.24, 2.45) is 0 Å². The molecule has 0 heterocycles. The van der Waals surface area contributed by atoms with E-state index in [1.54, 1.807) is 55.7 Å². The van der Waals surface area contributed by atoms with E-state index in [1.807, 2.05) is 39.0 Å². The van der Waals surface area contributed by atoms with Gasteiger partial charge in [-0.25, -0.2) is 4.79 Å². The van der Waals surface area contributed by atoms with E-state index in [4.69, 9.17) is 23.7 Å². The Hall–Kier alpha value is -4.44. The minimum atomic E-state index is -0.560. The highest BCUT2D eigenvalue weighted by Gasteiger charge is 2.19. The Labute approximate surface area is 211 Å². The smallest absolute Gasteiger partial charge is 0.343 e. The molecule has 0 saturated carbocycles. The van der Waals surface area contributed by atoms with Crippen LogP contribution in [0, 0.1) is 11.3 Å². The van der Waals surface area contributed by atoms with Crippen LogP contribution in [-0.2, 0) is 0 Å². The maximum absolute atomic E-state index is 12.9. The van der Waals surface area contributed by atoms with Crippen molar-refractivity contribution < 1.29 is 28.5 Å². The Morgan fingerprint density at radius 2 is 1.47 bits per heavy atom. The molecule has 0 bridgehead atoms. The molecule has 0 atom stereocenters. The molecular formula is C29H29NO6. The van der Waals surface area contributed by atoms with Crippen molar-refractivity contribution in [1.29, 1.82) is 5.26 Å². The lowest BCUT2D eigenvalue weighted by atomic mass is 10.0. The van der Waals surface area contributed by atoms with Crippen LogP contribution in [0.2, 0.25) is 0 Å². The zero-order chi connectivity index (χ0) is 25.9. The second kappa shape index (κ2) is 12.9. The molecule has 3 aromatic carbocycles. The second-order valence-electron chi connectivity index (χ2n) is 7.43. The maximum atomic E-state index is 12.9. The zero-order valence-electron chi connectivity index (χ0n) is 20.9. The number of methoxy groups -OCH3 is 1. The summed E-state index contributed by atoms with van der Waals surface area (Å²) < 4.78 is 28.0. The third-order valence-electron chi connectivity index (χ3n) is 5.06. The highest BCUT2D eigenvalue weighted by atomic mass is 16.5. The number of ether oxygens (including phenoxy) is 5. The Kier molecular flexibility index (Phi) is 9.35. The largest absolute Gasteiger partial charge is 0.496 e. The van der Waals surface area contributed by atoms with Gasteiger partial charge in [-0.3, -0.25) is 0 Å². The number of rotatable bonds is 11. The predicted octanol–water partition coefficient (Wildman–Crippen LogP) is 6.17. The van der Waals surface area contributed by atoms with Crippen LogP contribution < -0.4 is 23.7 Å². The van der Waals surface area contributed by atoms with Crippen molar-refractivity contribution in [3.8, 4) is 34.8 Å². The minimum Gasteiger partial charge on any atom is -0.496 e. The number of carbonyl (C=O) groups excluding carboxylic acids is 1. The second-order valence-corrected chi connectivity index (χ2v) is 7.43. The van der Waals surface area contributed by atoms with Crippen molar-refractivity contribution in [3.63, 3.8) is 0 Å². The van der Waals surface area contributed by atoms with Crippen molar-refractivity contribution in [1.82, 2.24) is 0 Å². The van der Waals surface area contributed by atoms with Gasteiger partial charge in [-0.2, -0.15) is 5.26 Å². The van der Waals surface area contributed by atoms with Gasteiger partial charge in [-0.15, -0.1) is 0 Å². The molecule has 0 aliphatic carbocycles. The highest BCUT2D eigenvalue weighted by Crippen LogP contribution is 2.39. The average Bonchev–Trinajstić information content (AvgIpc) is 2.90. The minimum absolute atomic E-state index is 0.275. The fraction of sp³-hybridized carbons (Fsp3) is 0.241. The first kappa shape index (κ1) is 26.2. The van der Waals surface area contributed by atoms with Gasteiger partial charge in [0.05, 0.1) is 44.1 Å². The molecule has 0 N–H and O–H groups in total. The van der Waals surface area contributed by atoms with Crippen LogP contribution in [0.3, 0.4) is 0 Å². The standard InChI is InChI=1S/C29H29NO6/c1-5-33-26-17-21(18-27(34-6-2)28(26)35-7-3)29(31)36-23-14-12-20(13-15-23)16-22(19-30)24-10-8-9-11-25(24)32-4/h8-18H,5-7H2,1-4H3/b22-16-. The van der Waals surface area contributed by atoms with Crippen LogP contribution in [-0.4, -0.2) is 32.9 Å². The molecule has 7 nitrogen and oxygen atoms in total. The zero-order valence-corrected chi connectivity index (χ0v) is 20.9. The van der Waals surface area contributed by atoms with Crippen LogP contribution in [0.4, 0.5) is 0 Å². The summed E-state index contributed by atoms with van der Waals surface area (Å²) in [5, 5.41) is 9.66. The Morgan fingerprint density at radius 1 is 0.861 bits per heavy atom. The van der Waals surface area contributed by atoms with Crippen molar-refractivity contribution >= 4 is 17.6 Å². The lowest BCUT2D eigenvalue weighted by Crippen LogP contribution is -2.11. The molecule has 0 aromatic heterocycles. The van der Waals surface area contributed by atoms with Gasteiger partial charge < -0.3 is 23.7 Å². The third kappa shape index (κ3) is 6.36. The summed E-state index contributed by atoms with van der Waals surface area (Å²) in [6.07, 6.45) is 1.75. The van der Waals surface area contributed by atoms with Gasteiger partial charge in [0.2, 0.25) is 5.75 Å². The van der Waals surface area contributed by atoms with Crippen molar-refractivity contribution in [2.45, 2.75) is 20.8 Å². The summed E-state index contributed by atoms with van der Waals surface area (Å²) in [7, 11) is 1.57. The van der Waals surface area contributed by atoms with E-state index in [2.05, 4.69) is 6.07 Å². The van der Waals surface area contributed by atoms with E-state index < -0.39 is 5.97 Å². The summed E-state index contributed by atoms with van der Waals surface area (Å²) in [6.45, 7) is 6.79. The van der Waals surface area contributed by atoms with Gasteiger partial charge in [-0.05, 0) is 68.8 Å². The quantitative estimate of drug-likeness (QED) is 0.138. The first-order valence-electron chi connectivity index (χ1n) is 11.7. The molecule has 0 radical (unpaired) electrons. The van der Waals surface area contributed by atoms with Gasteiger partial charge >= 0.3 is 5.97 Å². The summed E-state index contributed by atoms with van der Waals surface area (Å²) in [5.74, 6) is 1.70. The summed E-state index contributed by atoms with van der Waals surface area (Å²) in [4.78, 5) is 12.9. The molecule has 0 saturated heterocycles. The lowest BCUT2D eigenvalue weighted by Gasteiger charge is -2.16. The van der Waals surface area contributed by atoms with Crippen molar-refractivity contribution in [3.05, 3.63) is 77.4 Å². The van der Waals surface area contributed by atoms with Crippen molar-refractivity contribution in [2.75, 3.05) is 26.9 Å². The van der Waals surface area contributed by atoms with Crippen LogP contribution in [0.1, 0.15) is 42.3 Å². The van der Waals surface area contributed by atoms with E-state index in [0.29, 0.717) is 59.7 Å². The van der Waals surface area contributed by atoms with Gasteiger partial charge in [0.15, 0.2) is 11.5 Å². The van der Waals surface area contributed by atoms with E-state index in [0.717, 1.165) is 5.56 Å².